The number of aliphatic hydroxyl groups is 1. The Morgan fingerprint density at radius 2 is 2.03 bits per heavy atom. The molecule has 4 N–H and O–H groups in total. The molecule has 2 aromatic heterocycles. The van der Waals surface area contributed by atoms with Gasteiger partial charge in [0.15, 0.2) is 11.5 Å². The van der Waals surface area contributed by atoms with Crippen molar-refractivity contribution in [2.45, 2.75) is 57.1 Å². The van der Waals surface area contributed by atoms with E-state index in [1.54, 1.807) is 16.9 Å². The minimum Gasteiger partial charge on any atom is -0.393 e. The Morgan fingerprint density at radius 3 is 2.83 bits per heavy atom. The van der Waals surface area contributed by atoms with Crippen LogP contribution in [0.4, 0.5) is 23.1 Å². The van der Waals surface area contributed by atoms with Gasteiger partial charge in [-0.15, -0.1) is 5.10 Å². The van der Waals surface area contributed by atoms with Gasteiger partial charge in [0.05, 0.1) is 11.5 Å². The van der Waals surface area contributed by atoms with Crippen LogP contribution in [0.2, 0.25) is 0 Å². The molecule has 0 saturated heterocycles. The molecule has 3 aromatic rings. The first-order chi connectivity index (χ1) is 14.4. The molecule has 0 radical (unpaired) electrons. The van der Waals surface area contributed by atoms with E-state index in [0.717, 1.165) is 42.6 Å². The van der Waals surface area contributed by atoms with Gasteiger partial charge in [0, 0.05) is 29.8 Å². The van der Waals surface area contributed by atoms with E-state index < -0.39 is 5.41 Å². The van der Waals surface area contributed by atoms with E-state index in [4.69, 9.17) is 0 Å². The lowest BCUT2D eigenvalue weighted by Crippen LogP contribution is -2.28. The number of hydrogen-bond acceptors (Lipinski definition) is 7. The van der Waals surface area contributed by atoms with Gasteiger partial charge in [0.1, 0.15) is 0 Å². The third-order valence-corrected chi connectivity index (χ3v) is 6.06. The van der Waals surface area contributed by atoms with Crippen LogP contribution >= 0.6 is 0 Å². The van der Waals surface area contributed by atoms with Crippen LogP contribution in [-0.2, 0) is 10.2 Å². The highest BCUT2D eigenvalue weighted by Crippen LogP contribution is 2.39. The molecule has 1 amide bonds. The zero-order chi connectivity index (χ0) is 20.9. The second-order valence-corrected chi connectivity index (χ2v) is 8.59. The average molecular weight is 407 g/mol. The highest BCUT2D eigenvalue weighted by molar-refractivity contribution is 6.06. The molecule has 5 rings (SSSR count). The molecular formula is C21H25N7O2. The van der Waals surface area contributed by atoms with Crippen LogP contribution in [0.1, 0.15) is 45.1 Å². The first kappa shape index (κ1) is 18.8. The van der Waals surface area contributed by atoms with Crippen molar-refractivity contribution in [1.29, 1.82) is 0 Å². The van der Waals surface area contributed by atoms with E-state index in [0.29, 0.717) is 17.4 Å². The van der Waals surface area contributed by atoms with E-state index >= 15 is 0 Å². The molecule has 2 aliphatic rings. The predicted octanol–water partition coefficient (Wildman–Crippen LogP) is 2.81. The average Bonchev–Trinajstić information content (AvgIpc) is 3.22. The van der Waals surface area contributed by atoms with Crippen molar-refractivity contribution in [3.05, 3.63) is 36.2 Å². The molecule has 3 heterocycles. The first-order valence-corrected chi connectivity index (χ1v) is 10.3. The van der Waals surface area contributed by atoms with Gasteiger partial charge in [-0.3, -0.25) is 4.79 Å². The first-order valence-electron chi connectivity index (χ1n) is 10.3. The second kappa shape index (κ2) is 6.94. The van der Waals surface area contributed by atoms with Crippen LogP contribution in [0, 0.1) is 0 Å². The number of amides is 1. The van der Waals surface area contributed by atoms with Crippen LogP contribution in [-0.4, -0.2) is 42.7 Å². The number of hydrogen-bond donors (Lipinski definition) is 4. The molecule has 9 nitrogen and oxygen atoms in total. The number of aliphatic hydroxyl groups excluding tert-OH is 1. The van der Waals surface area contributed by atoms with Crippen molar-refractivity contribution >= 4 is 34.7 Å². The van der Waals surface area contributed by atoms with Crippen molar-refractivity contribution in [1.82, 2.24) is 19.6 Å². The number of nitrogens with zero attached hydrogens (tertiary/aromatic N) is 4. The highest BCUT2D eigenvalue weighted by atomic mass is 16.3. The monoisotopic (exact) mass is 407 g/mol. The summed E-state index contributed by atoms with van der Waals surface area (Å²) in [5.41, 5.74) is 2.70. The Kier molecular flexibility index (Phi) is 4.35. The smallest absolute Gasteiger partial charge is 0.247 e. The fourth-order valence-corrected chi connectivity index (χ4v) is 4.19. The van der Waals surface area contributed by atoms with Gasteiger partial charge in [0.2, 0.25) is 11.9 Å². The Labute approximate surface area is 173 Å². The van der Waals surface area contributed by atoms with E-state index in [2.05, 4.69) is 31.0 Å². The number of aromatic nitrogens is 4. The number of rotatable bonds is 4. The minimum absolute atomic E-state index is 0.00229. The number of fused-ring (bicyclic) bond motifs is 2. The van der Waals surface area contributed by atoms with Crippen LogP contribution in [0.15, 0.2) is 30.6 Å². The summed E-state index contributed by atoms with van der Waals surface area (Å²) in [5.74, 6) is 1.13. The van der Waals surface area contributed by atoms with Gasteiger partial charge in [-0.25, -0.2) is 9.50 Å². The number of benzene rings is 1. The molecular weight excluding hydrogens is 382 g/mol. The van der Waals surface area contributed by atoms with Crippen molar-refractivity contribution in [2.75, 3.05) is 16.0 Å². The van der Waals surface area contributed by atoms with Crippen LogP contribution in [0.25, 0.3) is 5.65 Å². The third-order valence-electron chi connectivity index (χ3n) is 6.06. The van der Waals surface area contributed by atoms with Gasteiger partial charge in [-0.2, -0.15) is 4.98 Å². The summed E-state index contributed by atoms with van der Waals surface area (Å²) in [6.45, 7) is 3.83. The highest BCUT2D eigenvalue weighted by Gasteiger charge is 2.38. The maximum Gasteiger partial charge on any atom is 0.247 e. The standard InChI is InChI=1S/C21H25N7O2/c1-21(2)15-8-5-13(11-16(15)25-19(21)30)24-20-26-18-17(22-9-10-28(18)27-20)23-12-3-6-14(29)7-4-12/h5,8-12,14,29H,3-4,6-7H2,1-2H3,(H,22,23)(H,24,27)(H,25,30)/t12-,14-. The molecule has 1 fully saturated rings. The summed E-state index contributed by atoms with van der Waals surface area (Å²) in [5, 5.41) is 23.8. The molecule has 0 unspecified atom stereocenters. The van der Waals surface area contributed by atoms with Crippen molar-refractivity contribution in [3.8, 4) is 0 Å². The maximum absolute atomic E-state index is 12.2. The maximum atomic E-state index is 12.2. The summed E-state index contributed by atoms with van der Waals surface area (Å²) in [6.07, 6.45) is 6.66. The summed E-state index contributed by atoms with van der Waals surface area (Å²) < 4.78 is 1.69. The molecule has 1 aliphatic heterocycles. The van der Waals surface area contributed by atoms with E-state index in [1.165, 1.54) is 0 Å². The van der Waals surface area contributed by atoms with Crippen molar-refractivity contribution in [2.24, 2.45) is 0 Å². The zero-order valence-electron chi connectivity index (χ0n) is 17.0. The summed E-state index contributed by atoms with van der Waals surface area (Å²) >= 11 is 0. The van der Waals surface area contributed by atoms with Crippen LogP contribution in [0.5, 0.6) is 0 Å². The van der Waals surface area contributed by atoms with Crippen molar-refractivity contribution in [3.63, 3.8) is 0 Å². The van der Waals surface area contributed by atoms with E-state index in [9.17, 15) is 9.90 Å². The van der Waals surface area contributed by atoms with Crippen LogP contribution in [0.3, 0.4) is 0 Å². The number of nitrogens with one attached hydrogen (secondary N) is 3. The fourth-order valence-electron chi connectivity index (χ4n) is 4.19. The van der Waals surface area contributed by atoms with Gasteiger partial charge in [0.25, 0.3) is 0 Å². The summed E-state index contributed by atoms with van der Waals surface area (Å²) in [7, 11) is 0. The normalized spacial score (nSPS) is 22.6. The van der Waals surface area contributed by atoms with E-state index in [1.807, 2.05) is 32.0 Å². The summed E-state index contributed by atoms with van der Waals surface area (Å²) in [4.78, 5) is 21.2. The molecule has 9 heteroatoms. The van der Waals surface area contributed by atoms with Gasteiger partial charge in [-0.1, -0.05) is 6.07 Å². The Balaban J connectivity index is 1.37. The zero-order valence-corrected chi connectivity index (χ0v) is 17.0. The quantitative estimate of drug-likeness (QED) is 0.525. The summed E-state index contributed by atoms with van der Waals surface area (Å²) in [6, 6.07) is 6.05. The lowest BCUT2D eigenvalue weighted by Gasteiger charge is -2.26. The molecule has 0 spiro atoms. The topological polar surface area (TPSA) is 116 Å². The van der Waals surface area contributed by atoms with Gasteiger partial charge >= 0.3 is 0 Å². The molecule has 30 heavy (non-hydrogen) atoms. The lowest BCUT2D eigenvalue weighted by molar-refractivity contribution is -0.119. The van der Waals surface area contributed by atoms with Gasteiger partial charge < -0.3 is 21.1 Å². The third kappa shape index (κ3) is 3.24. The van der Waals surface area contributed by atoms with Gasteiger partial charge in [-0.05, 0) is 57.2 Å². The molecule has 1 aliphatic carbocycles. The Morgan fingerprint density at radius 1 is 1.23 bits per heavy atom. The number of carbonyl (C=O) groups excluding carboxylic acids is 1. The SMILES string of the molecule is CC1(C)C(=O)Nc2cc(Nc3nc4c(N[C@H]5CC[C@H](O)CC5)nccn4n3)ccc21. The lowest BCUT2D eigenvalue weighted by atomic mass is 9.86. The number of carbonyl (C=O) groups is 1. The van der Waals surface area contributed by atoms with Crippen LogP contribution < -0.4 is 16.0 Å². The van der Waals surface area contributed by atoms with E-state index in [-0.39, 0.29) is 18.1 Å². The Hall–Kier alpha value is -3.20. The largest absolute Gasteiger partial charge is 0.393 e. The fraction of sp³-hybridized carbons (Fsp3) is 0.429. The predicted molar refractivity (Wildman–Crippen MR) is 114 cm³/mol. The Bertz CT molecular complexity index is 1120. The van der Waals surface area contributed by atoms with Crippen molar-refractivity contribution < 1.29 is 9.90 Å². The molecule has 0 bridgehead atoms. The second-order valence-electron chi connectivity index (χ2n) is 8.59. The number of anilines is 4. The molecule has 0 atom stereocenters. The molecule has 1 saturated carbocycles. The molecule has 156 valence electrons. The minimum atomic E-state index is -0.531. The molecule has 1 aromatic carbocycles.